The Morgan fingerprint density at radius 1 is 0.719 bits per heavy atom. The zero-order chi connectivity index (χ0) is 23.6. The summed E-state index contributed by atoms with van der Waals surface area (Å²) in [4.78, 5) is 35.2. The Labute approximate surface area is 191 Å². The minimum atomic E-state index is -0.305. The fourth-order valence-corrected chi connectivity index (χ4v) is 2.75. The van der Waals surface area contributed by atoms with Gasteiger partial charge in [-0.25, -0.2) is 9.59 Å². The van der Waals surface area contributed by atoms with Crippen LogP contribution in [0, 0.1) is 0 Å². The SMILES string of the molecule is CCN(CC)CCOC(=O)c1cccnc1.CCN(CC)CCOC(=O)c1cccnc1. The summed E-state index contributed by atoms with van der Waals surface area (Å²) >= 11 is 0. The lowest BCUT2D eigenvalue weighted by Gasteiger charge is -2.17. The van der Waals surface area contributed by atoms with Crippen LogP contribution in [0.25, 0.3) is 0 Å². The van der Waals surface area contributed by atoms with E-state index in [9.17, 15) is 9.59 Å². The molecule has 0 aliphatic heterocycles. The third kappa shape index (κ3) is 11.0. The quantitative estimate of drug-likeness (QED) is 0.462. The van der Waals surface area contributed by atoms with E-state index in [1.807, 2.05) is 0 Å². The summed E-state index contributed by atoms with van der Waals surface area (Å²) in [5.41, 5.74) is 1.00. The van der Waals surface area contributed by atoms with Crippen LogP contribution in [-0.2, 0) is 9.47 Å². The first-order valence-electron chi connectivity index (χ1n) is 11.1. The van der Waals surface area contributed by atoms with Crippen molar-refractivity contribution in [3.63, 3.8) is 0 Å². The summed E-state index contributed by atoms with van der Waals surface area (Å²) in [6.07, 6.45) is 6.29. The summed E-state index contributed by atoms with van der Waals surface area (Å²) in [7, 11) is 0. The monoisotopic (exact) mass is 444 g/mol. The molecule has 0 aromatic carbocycles. The van der Waals surface area contributed by atoms with Crippen molar-refractivity contribution in [3.05, 3.63) is 60.2 Å². The molecule has 0 amide bonds. The molecular weight excluding hydrogens is 408 g/mol. The van der Waals surface area contributed by atoms with E-state index in [4.69, 9.17) is 9.47 Å². The Kier molecular flexibility index (Phi) is 14.3. The molecule has 0 saturated heterocycles. The Morgan fingerprint density at radius 3 is 1.38 bits per heavy atom. The van der Waals surface area contributed by atoms with Crippen molar-refractivity contribution in [2.45, 2.75) is 27.7 Å². The fourth-order valence-electron chi connectivity index (χ4n) is 2.75. The first-order valence-corrected chi connectivity index (χ1v) is 11.1. The predicted octanol–water partition coefficient (Wildman–Crippen LogP) is 3.16. The number of rotatable bonds is 12. The van der Waals surface area contributed by atoms with E-state index in [1.165, 1.54) is 12.4 Å². The maximum absolute atomic E-state index is 11.5. The number of pyridine rings is 2. The molecule has 0 aliphatic rings. The molecule has 0 fully saturated rings. The number of likely N-dealkylation sites (N-methyl/N-ethyl adjacent to an activating group) is 2. The lowest BCUT2D eigenvalue weighted by atomic mass is 10.3. The van der Waals surface area contributed by atoms with Crippen LogP contribution in [0.1, 0.15) is 48.4 Å². The smallest absolute Gasteiger partial charge is 0.339 e. The van der Waals surface area contributed by atoms with E-state index in [-0.39, 0.29) is 11.9 Å². The topological polar surface area (TPSA) is 84.9 Å². The first-order chi connectivity index (χ1) is 15.5. The highest BCUT2D eigenvalue weighted by Crippen LogP contribution is 2.00. The molecule has 0 unspecified atom stereocenters. The van der Waals surface area contributed by atoms with E-state index in [2.05, 4.69) is 47.5 Å². The normalized spacial score (nSPS) is 10.4. The highest BCUT2D eigenvalue weighted by atomic mass is 16.5. The molecule has 0 saturated carbocycles. The minimum Gasteiger partial charge on any atom is -0.461 e. The molecule has 2 rings (SSSR count). The van der Waals surface area contributed by atoms with Gasteiger partial charge >= 0.3 is 11.9 Å². The summed E-state index contributed by atoms with van der Waals surface area (Å²) in [5, 5.41) is 0. The zero-order valence-electron chi connectivity index (χ0n) is 19.7. The number of carbonyl (C=O) groups is 2. The van der Waals surface area contributed by atoms with Gasteiger partial charge in [0.1, 0.15) is 13.2 Å². The molecule has 176 valence electrons. The number of hydrogen-bond donors (Lipinski definition) is 0. The molecule has 0 radical (unpaired) electrons. The predicted molar refractivity (Wildman–Crippen MR) is 125 cm³/mol. The molecule has 2 heterocycles. The Balaban J connectivity index is 0.000000320. The van der Waals surface area contributed by atoms with Gasteiger partial charge in [0.15, 0.2) is 0 Å². The first kappa shape index (κ1) is 27.2. The lowest BCUT2D eigenvalue weighted by Crippen LogP contribution is -2.27. The highest BCUT2D eigenvalue weighted by Gasteiger charge is 2.08. The molecule has 0 atom stereocenters. The Morgan fingerprint density at radius 2 is 1.09 bits per heavy atom. The second kappa shape index (κ2) is 16.8. The van der Waals surface area contributed by atoms with Crippen molar-refractivity contribution in [1.82, 2.24) is 19.8 Å². The number of carbonyl (C=O) groups excluding carboxylic acids is 2. The Hall–Kier alpha value is -2.84. The largest absolute Gasteiger partial charge is 0.461 e. The fraction of sp³-hybridized carbons (Fsp3) is 0.500. The summed E-state index contributed by atoms with van der Waals surface area (Å²) < 4.78 is 10.3. The number of ether oxygens (including phenoxy) is 2. The van der Waals surface area contributed by atoms with E-state index >= 15 is 0 Å². The van der Waals surface area contributed by atoms with Gasteiger partial charge in [0.2, 0.25) is 0 Å². The minimum absolute atomic E-state index is 0.305. The van der Waals surface area contributed by atoms with E-state index < -0.39 is 0 Å². The second-order valence-electron chi connectivity index (χ2n) is 6.81. The van der Waals surface area contributed by atoms with Crippen LogP contribution in [0.15, 0.2) is 49.1 Å². The van der Waals surface area contributed by atoms with Gasteiger partial charge in [0.25, 0.3) is 0 Å². The summed E-state index contributed by atoms with van der Waals surface area (Å²) in [6, 6.07) is 6.85. The van der Waals surface area contributed by atoms with Crippen molar-refractivity contribution in [3.8, 4) is 0 Å². The van der Waals surface area contributed by atoms with Gasteiger partial charge in [-0.2, -0.15) is 0 Å². The van der Waals surface area contributed by atoms with E-state index in [1.54, 1.807) is 36.7 Å². The standard InChI is InChI=1S/2C12H18N2O2/c2*1-3-14(4-2)8-9-16-12(15)11-6-5-7-13-10-11/h2*5-7,10H,3-4,8-9H2,1-2H3. The van der Waals surface area contributed by atoms with Crippen LogP contribution in [0.2, 0.25) is 0 Å². The Bertz CT molecular complexity index is 686. The van der Waals surface area contributed by atoms with Gasteiger partial charge in [0, 0.05) is 37.9 Å². The lowest BCUT2D eigenvalue weighted by molar-refractivity contribution is 0.0457. The van der Waals surface area contributed by atoms with Crippen molar-refractivity contribution in [1.29, 1.82) is 0 Å². The van der Waals surface area contributed by atoms with Crippen LogP contribution >= 0.6 is 0 Å². The molecule has 32 heavy (non-hydrogen) atoms. The van der Waals surface area contributed by atoms with Crippen LogP contribution in [0.3, 0.4) is 0 Å². The molecule has 2 aromatic heterocycles. The third-order valence-corrected chi connectivity index (χ3v) is 4.86. The molecule has 8 nitrogen and oxygen atoms in total. The van der Waals surface area contributed by atoms with Crippen LogP contribution in [-0.4, -0.2) is 84.2 Å². The van der Waals surface area contributed by atoms with Crippen molar-refractivity contribution in [2.24, 2.45) is 0 Å². The van der Waals surface area contributed by atoms with Gasteiger partial charge in [0.05, 0.1) is 11.1 Å². The molecule has 2 aromatic rings. The summed E-state index contributed by atoms with van der Waals surface area (Å²) in [5.74, 6) is -0.611. The molecule has 0 aliphatic carbocycles. The number of aromatic nitrogens is 2. The molecule has 0 spiro atoms. The van der Waals surface area contributed by atoms with Gasteiger partial charge in [-0.15, -0.1) is 0 Å². The van der Waals surface area contributed by atoms with Gasteiger partial charge in [-0.05, 0) is 50.4 Å². The molecule has 0 N–H and O–H groups in total. The molecule has 8 heteroatoms. The van der Waals surface area contributed by atoms with Crippen LogP contribution < -0.4 is 0 Å². The summed E-state index contributed by atoms with van der Waals surface area (Å²) in [6.45, 7) is 14.7. The van der Waals surface area contributed by atoms with E-state index in [0.717, 1.165) is 39.3 Å². The van der Waals surface area contributed by atoms with Gasteiger partial charge < -0.3 is 19.3 Å². The number of hydrogen-bond acceptors (Lipinski definition) is 8. The average Bonchev–Trinajstić information content (AvgIpc) is 2.85. The third-order valence-electron chi connectivity index (χ3n) is 4.86. The van der Waals surface area contributed by atoms with Gasteiger partial charge in [-0.1, -0.05) is 27.7 Å². The zero-order valence-corrected chi connectivity index (χ0v) is 19.7. The molecular formula is C24H36N4O4. The average molecular weight is 445 g/mol. The van der Waals surface area contributed by atoms with Crippen LogP contribution in [0.5, 0.6) is 0 Å². The van der Waals surface area contributed by atoms with Crippen molar-refractivity contribution < 1.29 is 19.1 Å². The van der Waals surface area contributed by atoms with Crippen molar-refractivity contribution >= 4 is 11.9 Å². The maximum Gasteiger partial charge on any atom is 0.339 e. The van der Waals surface area contributed by atoms with Crippen molar-refractivity contribution in [2.75, 3.05) is 52.5 Å². The van der Waals surface area contributed by atoms with Crippen LogP contribution in [0.4, 0.5) is 0 Å². The van der Waals surface area contributed by atoms with E-state index in [0.29, 0.717) is 24.3 Å². The molecule has 0 bridgehead atoms. The van der Waals surface area contributed by atoms with Gasteiger partial charge in [-0.3, -0.25) is 9.97 Å². The highest BCUT2D eigenvalue weighted by molar-refractivity contribution is 5.89. The number of nitrogens with zero attached hydrogens (tertiary/aromatic N) is 4. The number of esters is 2. The second-order valence-corrected chi connectivity index (χ2v) is 6.81. The maximum atomic E-state index is 11.5.